The maximum absolute atomic E-state index is 13.5. The predicted molar refractivity (Wildman–Crippen MR) is 198 cm³/mol. The fourth-order valence-corrected chi connectivity index (χ4v) is 5.97. The third-order valence-corrected chi connectivity index (χ3v) is 8.49. The van der Waals surface area contributed by atoms with Crippen molar-refractivity contribution >= 4 is 40.9 Å². The van der Waals surface area contributed by atoms with Crippen LogP contribution in [0.4, 0.5) is 10.7 Å². The van der Waals surface area contributed by atoms with Crippen LogP contribution in [0.3, 0.4) is 0 Å². The number of esters is 1. The third-order valence-electron chi connectivity index (χ3n) is 8.49. The van der Waals surface area contributed by atoms with Gasteiger partial charge in [-0.3, -0.25) is 24.3 Å². The van der Waals surface area contributed by atoms with E-state index in [0.29, 0.717) is 74.0 Å². The highest BCUT2D eigenvalue weighted by Crippen LogP contribution is 2.22. The predicted octanol–water partition coefficient (Wildman–Crippen LogP) is 5.43. The molecule has 0 saturated heterocycles. The van der Waals surface area contributed by atoms with Gasteiger partial charge in [-0.05, 0) is 98.4 Å². The molecule has 282 valence electrons. The van der Waals surface area contributed by atoms with Crippen LogP contribution in [-0.4, -0.2) is 90.2 Å². The van der Waals surface area contributed by atoms with Crippen LogP contribution >= 0.6 is 0 Å². The molecule has 3 heterocycles. The first-order valence-corrected chi connectivity index (χ1v) is 17.9. The van der Waals surface area contributed by atoms with Crippen molar-refractivity contribution in [2.45, 2.75) is 99.3 Å². The molecule has 0 radical (unpaired) electrons. The van der Waals surface area contributed by atoms with E-state index >= 15 is 0 Å². The number of anilines is 1. The Balaban J connectivity index is 1.33. The van der Waals surface area contributed by atoms with Gasteiger partial charge in [-0.2, -0.15) is 10.2 Å². The quantitative estimate of drug-likeness (QED) is 0.113. The van der Waals surface area contributed by atoms with Crippen LogP contribution in [0.25, 0.3) is 11.0 Å². The maximum atomic E-state index is 13.5. The summed E-state index contributed by atoms with van der Waals surface area (Å²) in [6, 6.07) is 7.01. The SMILES string of the molecule is CCOC(=O)c1c(CCCCCn2nc(C)cc2C(=O)Nc2nc3cc(C(=O)N(C)CCCNC(=O)OC(C)(C)C)ccc3n2C)c(C)nn1CC. The second-order valence-corrected chi connectivity index (χ2v) is 13.8. The second-order valence-electron chi connectivity index (χ2n) is 13.8. The monoisotopic (exact) mass is 719 g/mol. The minimum absolute atomic E-state index is 0.180. The van der Waals surface area contributed by atoms with Gasteiger partial charge in [0.1, 0.15) is 17.0 Å². The summed E-state index contributed by atoms with van der Waals surface area (Å²) in [5, 5.41) is 14.7. The number of ether oxygens (including phenoxy) is 2. The molecule has 0 bridgehead atoms. The summed E-state index contributed by atoms with van der Waals surface area (Å²) in [5.74, 6) is -0.517. The summed E-state index contributed by atoms with van der Waals surface area (Å²) in [6.45, 7) is 15.2. The second kappa shape index (κ2) is 17.3. The Morgan fingerprint density at radius 1 is 0.962 bits per heavy atom. The van der Waals surface area contributed by atoms with E-state index in [1.54, 1.807) is 78.8 Å². The fourth-order valence-electron chi connectivity index (χ4n) is 5.97. The molecule has 2 N–H and O–H groups in total. The Labute approximate surface area is 305 Å². The van der Waals surface area contributed by atoms with Gasteiger partial charge in [-0.15, -0.1) is 0 Å². The highest BCUT2D eigenvalue weighted by molar-refractivity contribution is 6.03. The largest absolute Gasteiger partial charge is 0.461 e. The number of hydrogen-bond acceptors (Lipinski definition) is 9. The summed E-state index contributed by atoms with van der Waals surface area (Å²) in [4.78, 5) is 57.4. The average molecular weight is 720 g/mol. The molecule has 4 rings (SSSR count). The molecule has 0 aliphatic heterocycles. The van der Waals surface area contributed by atoms with E-state index in [-0.39, 0.29) is 17.8 Å². The zero-order chi connectivity index (χ0) is 38.2. The van der Waals surface area contributed by atoms with Gasteiger partial charge >= 0.3 is 12.1 Å². The Morgan fingerprint density at radius 3 is 2.40 bits per heavy atom. The summed E-state index contributed by atoms with van der Waals surface area (Å²) in [5.41, 5.74) is 4.65. The first-order chi connectivity index (χ1) is 24.6. The van der Waals surface area contributed by atoms with Gasteiger partial charge in [0.05, 0.1) is 29.0 Å². The average Bonchev–Trinajstić information content (AvgIpc) is 3.72. The van der Waals surface area contributed by atoms with E-state index in [2.05, 4.69) is 25.8 Å². The van der Waals surface area contributed by atoms with Gasteiger partial charge in [0.2, 0.25) is 5.95 Å². The smallest absolute Gasteiger partial charge is 0.407 e. The standard InChI is InChI=1S/C37H53N9O6/c1-10-45-31(34(49)51-11-2)27(25(4)42-45)16-13-12-14-21-46-30(22-24(3)41-46)32(47)40-35-39-28-23-26(17-18-29(28)44(35)9)33(48)43(8)20-15-19-38-36(50)52-37(5,6)7/h17-18,22-23H,10-16,19-21H2,1-9H3,(H,38,50)(H,39,40,47). The van der Waals surface area contributed by atoms with Crippen molar-refractivity contribution in [2.24, 2.45) is 7.05 Å². The number of carbonyl (C=O) groups is 4. The third kappa shape index (κ3) is 9.98. The molecule has 4 aromatic rings. The van der Waals surface area contributed by atoms with Gasteiger partial charge in [0.15, 0.2) is 0 Å². The minimum Gasteiger partial charge on any atom is -0.461 e. The first-order valence-electron chi connectivity index (χ1n) is 17.9. The molecule has 0 unspecified atom stereocenters. The van der Waals surface area contributed by atoms with Crippen molar-refractivity contribution in [1.82, 2.24) is 39.3 Å². The molecule has 0 atom stereocenters. The molecule has 0 fully saturated rings. The number of hydrogen-bond donors (Lipinski definition) is 2. The molecule has 0 aliphatic carbocycles. The summed E-state index contributed by atoms with van der Waals surface area (Å²) in [7, 11) is 3.51. The molecular formula is C37H53N9O6. The molecule has 3 amide bonds. The van der Waals surface area contributed by atoms with E-state index in [9.17, 15) is 19.2 Å². The van der Waals surface area contributed by atoms with Crippen LogP contribution < -0.4 is 10.6 Å². The number of nitrogens with one attached hydrogen (secondary N) is 2. The van der Waals surface area contributed by atoms with Crippen molar-refractivity contribution in [3.8, 4) is 0 Å². The van der Waals surface area contributed by atoms with Crippen LogP contribution in [0.1, 0.15) is 109 Å². The topological polar surface area (TPSA) is 168 Å². The number of carbonyl (C=O) groups excluding carboxylic acids is 4. The van der Waals surface area contributed by atoms with Gasteiger partial charge in [0.25, 0.3) is 11.8 Å². The lowest BCUT2D eigenvalue weighted by atomic mass is 10.0. The molecular weight excluding hydrogens is 666 g/mol. The van der Waals surface area contributed by atoms with Crippen molar-refractivity contribution < 1.29 is 28.7 Å². The number of alkyl carbamates (subject to hydrolysis) is 1. The van der Waals surface area contributed by atoms with Crippen molar-refractivity contribution in [1.29, 1.82) is 0 Å². The van der Waals surface area contributed by atoms with Crippen LogP contribution in [-0.2, 0) is 36.0 Å². The van der Waals surface area contributed by atoms with Crippen LogP contribution in [0.15, 0.2) is 24.3 Å². The fraction of sp³-hybridized carbons (Fsp3) is 0.541. The molecule has 0 spiro atoms. The summed E-state index contributed by atoms with van der Waals surface area (Å²) >= 11 is 0. The number of unbranched alkanes of at least 4 members (excludes halogenated alkanes) is 2. The lowest BCUT2D eigenvalue weighted by molar-refractivity contribution is 0.0505. The van der Waals surface area contributed by atoms with E-state index in [1.807, 2.05) is 26.8 Å². The zero-order valence-corrected chi connectivity index (χ0v) is 32.0. The summed E-state index contributed by atoms with van der Waals surface area (Å²) < 4.78 is 15.7. The Bertz CT molecular complexity index is 1900. The Kier molecular flexibility index (Phi) is 13.2. The Morgan fingerprint density at radius 2 is 1.71 bits per heavy atom. The summed E-state index contributed by atoms with van der Waals surface area (Å²) in [6.07, 6.45) is 3.27. The van der Waals surface area contributed by atoms with Gasteiger partial charge in [-0.1, -0.05) is 6.42 Å². The Hall–Kier alpha value is -5.21. The van der Waals surface area contributed by atoms with Crippen LogP contribution in [0.5, 0.6) is 0 Å². The minimum atomic E-state index is -0.576. The molecule has 0 saturated carbocycles. The number of rotatable bonds is 16. The number of imidazole rings is 1. The van der Waals surface area contributed by atoms with Crippen LogP contribution in [0, 0.1) is 13.8 Å². The van der Waals surface area contributed by atoms with E-state index in [0.717, 1.165) is 41.7 Å². The van der Waals surface area contributed by atoms with Crippen molar-refractivity contribution in [3.63, 3.8) is 0 Å². The number of nitrogens with zero attached hydrogens (tertiary/aromatic N) is 7. The van der Waals surface area contributed by atoms with Crippen molar-refractivity contribution in [2.75, 3.05) is 32.1 Å². The van der Waals surface area contributed by atoms with Crippen LogP contribution in [0.2, 0.25) is 0 Å². The normalized spacial score (nSPS) is 11.5. The molecule has 3 aromatic heterocycles. The van der Waals surface area contributed by atoms with E-state index < -0.39 is 11.7 Å². The number of benzene rings is 1. The number of fused-ring (bicyclic) bond motifs is 1. The highest BCUT2D eigenvalue weighted by Gasteiger charge is 2.23. The lowest BCUT2D eigenvalue weighted by Gasteiger charge is -2.20. The molecule has 15 heteroatoms. The number of aromatic nitrogens is 6. The number of aryl methyl sites for hydroxylation is 5. The molecule has 1 aromatic carbocycles. The van der Waals surface area contributed by atoms with Crippen molar-refractivity contribution in [3.05, 3.63) is 58.2 Å². The van der Waals surface area contributed by atoms with Gasteiger partial charge in [-0.25, -0.2) is 14.6 Å². The van der Waals surface area contributed by atoms with E-state index in [1.165, 1.54) is 0 Å². The molecule has 0 aliphatic rings. The zero-order valence-electron chi connectivity index (χ0n) is 32.0. The van der Waals surface area contributed by atoms with Gasteiger partial charge in [0, 0.05) is 51.4 Å². The van der Waals surface area contributed by atoms with Gasteiger partial charge < -0.3 is 24.3 Å². The molecule has 15 nitrogen and oxygen atoms in total. The molecule has 52 heavy (non-hydrogen) atoms. The first kappa shape index (κ1) is 39.6. The van der Waals surface area contributed by atoms with E-state index in [4.69, 9.17) is 9.47 Å². The maximum Gasteiger partial charge on any atom is 0.407 e. The lowest BCUT2D eigenvalue weighted by Crippen LogP contribution is -2.35. The number of amides is 3. The highest BCUT2D eigenvalue weighted by atomic mass is 16.6.